The summed E-state index contributed by atoms with van der Waals surface area (Å²) in [6.45, 7) is 21.7. The molecule has 2 heterocycles. The number of nitrogens with one attached hydrogen (secondary N) is 2. The fourth-order valence-electron chi connectivity index (χ4n) is 4.32. The standard InChI is InChI=1S/C32H57N6O6P/c1-12-29(4,5)15-18-42-27(39)31(8,9)36-45(41,37-32(10,11)28(40)43-19-16-30(6,7)13-2)22-44-23(3)20-38-21-35-25-24(33)14-17-34-26(25)38/h14,17,21,23H,12-13,15-16,18-20,22H2,1-11H3,(H2,33,34)(H2,36,37,41)/t23-/m1/s1. The van der Waals surface area contributed by atoms with Crippen molar-refractivity contribution in [1.82, 2.24) is 24.7 Å². The smallest absolute Gasteiger partial charge is 0.326 e. The molecule has 0 saturated carbocycles. The minimum absolute atomic E-state index is 0.0250. The lowest BCUT2D eigenvalue weighted by Crippen LogP contribution is -2.54. The van der Waals surface area contributed by atoms with E-state index in [1.807, 2.05) is 6.92 Å². The second-order valence-electron chi connectivity index (χ2n) is 14.6. The van der Waals surface area contributed by atoms with Crippen LogP contribution in [0.25, 0.3) is 11.2 Å². The van der Waals surface area contributed by atoms with Gasteiger partial charge in [-0.3, -0.25) is 14.2 Å². The Balaban J connectivity index is 2.21. The predicted molar refractivity (Wildman–Crippen MR) is 179 cm³/mol. The molecule has 0 aliphatic heterocycles. The lowest BCUT2D eigenvalue weighted by Gasteiger charge is -2.36. The van der Waals surface area contributed by atoms with E-state index in [0.29, 0.717) is 36.2 Å². The number of ether oxygens (including phenoxy) is 3. The van der Waals surface area contributed by atoms with Crippen molar-refractivity contribution in [3.05, 3.63) is 18.6 Å². The van der Waals surface area contributed by atoms with Crippen LogP contribution < -0.4 is 15.9 Å². The third-order valence-electron chi connectivity index (χ3n) is 8.41. The van der Waals surface area contributed by atoms with E-state index in [9.17, 15) is 14.2 Å². The zero-order valence-corrected chi connectivity index (χ0v) is 30.2. The van der Waals surface area contributed by atoms with Gasteiger partial charge in [0.1, 0.15) is 22.9 Å². The number of aromatic nitrogens is 3. The van der Waals surface area contributed by atoms with Crippen molar-refractivity contribution in [2.75, 3.05) is 25.3 Å². The van der Waals surface area contributed by atoms with E-state index in [2.05, 4.69) is 61.7 Å². The summed E-state index contributed by atoms with van der Waals surface area (Å²) in [7, 11) is -3.80. The summed E-state index contributed by atoms with van der Waals surface area (Å²) in [5, 5.41) is 5.94. The molecular formula is C32H57N6O6P. The van der Waals surface area contributed by atoms with E-state index < -0.39 is 36.6 Å². The highest BCUT2D eigenvalue weighted by molar-refractivity contribution is 7.59. The van der Waals surface area contributed by atoms with Crippen LogP contribution >= 0.6 is 7.44 Å². The molecule has 0 aliphatic rings. The summed E-state index contributed by atoms with van der Waals surface area (Å²) in [6.07, 6.45) is 5.74. The van der Waals surface area contributed by atoms with Crippen LogP contribution in [0.3, 0.4) is 0 Å². The van der Waals surface area contributed by atoms with Crippen molar-refractivity contribution in [2.24, 2.45) is 10.8 Å². The van der Waals surface area contributed by atoms with Gasteiger partial charge in [0.2, 0.25) is 7.44 Å². The van der Waals surface area contributed by atoms with Crippen molar-refractivity contribution in [1.29, 1.82) is 0 Å². The number of rotatable bonds is 19. The van der Waals surface area contributed by atoms with Gasteiger partial charge in [-0.25, -0.2) is 20.1 Å². The minimum atomic E-state index is -3.80. The third-order valence-corrected chi connectivity index (χ3v) is 10.8. The molecule has 0 saturated heterocycles. The summed E-state index contributed by atoms with van der Waals surface area (Å²) in [4.78, 5) is 35.1. The van der Waals surface area contributed by atoms with E-state index in [4.69, 9.17) is 19.9 Å². The van der Waals surface area contributed by atoms with E-state index in [0.717, 1.165) is 12.8 Å². The molecule has 0 aromatic carbocycles. The molecule has 0 bridgehead atoms. The highest BCUT2D eigenvalue weighted by atomic mass is 31.2. The summed E-state index contributed by atoms with van der Waals surface area (Å²) >= 11 is 0. The first-order valence-electron chi connectivity index (χ1n) is 15.9. The van der Waals surface area contributed by atoms with Crippen LogP contribution in [0.1, 0.15) is 102 Å². The average Bonchev–Trinajstić information content (AvgIpc) is 3.34. The van der Waals surface area contributed by atoms with Gasteiger partial charge in [0, 0.05) is 6.20 Å². The Labute approximate surface area is 269 Å². The Morgan fingerprint density at radius 1 is 0.911 bits per heavy atom. The molecule has 0 amide bonds. The minimum Gasteiger partial charge on any atom is -0.464 e. The quantitative estimate of drug-likeness (QED) is 0.120. The highest BCUT2D eigenvalue weighted by Crippen LogP contribution is 2.42. The fourth-order valence-corrected chi connectivity index (χ4v) is 6.96. The number of anilines is 1. The summed E-state index contributed by atoms with van der Waals surface area (Å²) in [6, 6.07) is 1.68. The van der Waals surface area contributed by atoms with Gasteiger partial charge in [0.25, 0.3) is 0 Å². The summed E-state index contributed by atoms with van der Waals surface area (Å²) in [5.74, 6) is -1.11. The van der Waals surface area contributed by atoms with Crippen LogP contribution in [0.5, 0.6) is 0 Å². The molecule has 0 fully saturated rings. The normalized spacial score (nSPS) is 14.0. The topological polar surface area (TPSA) is 160 Å². The molecule has 2 rings (SSSR count). The lowest BCUT2D eigenvalue weighted by molar-refractivity contribution is -0.150. The molecular weight excluding hydrogens is 595 g/mol. The van der Waals surface area contributed by atoms with E-state index in [1.54, 1.807) is 50.9 Å². The van der Waals surface area contributed by atoms with Crippen LogP contribution in [-0.2, 0) is 34.9 Å². The molecule has 256 valence electrons. The number of nitrogens with zero attached hydrogens (tertiary/aromatic N) is 3. The molecule has 4 N–H and O–H groups in total. The number of fused-ring (bicyclic) bond motifs is 1. The molecule has 13 heteroatoms. The third kappa shape index (κ3) is 11.6. The van der Waals surface area contributed by atoms with Gasteiger partial charge < -0.3 is 24.5 Å². The maximum atomic E-state index is 14.6. The van der Waals surface area contributed by atoms with Crippen LogP contribution in [0.15, 0.2) is 18.6 Å². The molecule has 0 aliphatic carbocycles. The predicted octanol–water partition coefficient (Wildman–Crippen LogP) is 6.04. The zero-order valence-electron chi connectivity index (χ0n) is 29.3. The maximum Gasteiger partial charge on any atom is 0.326 e. The van der Waals surface area contributed by atoms with Gasteiger partial charge in [-0.15, -0.1) is 0 Å². The van der Waals surface area contributed by atoms with Crippen molar-refractivity contribution >= 4 is 36.2 Å². The Bertz CT molecular complexity index is 1290. The molecule has 2 aromatic heterocycles. The van der Waals surface area contributed by atoms with E-state index >= 15 is 0 Å². The van der Waals surface area contributed by atoms with Gasteiger partial charge in [0.15, 0.2) is 5.65 Å². The maximum absolute atomic E-state index is 14.6. The number of nitrogen functional groups attached to an aromatic ring is 1. The number of hydrogen-bond acceptors (Lipinski definition) is 9. The Hall–Kier alpha value is -2.53. The average molecular weight is 653 g/mol. The molecule has 12 nitrogen and oxygen atoms in total. The molecule has 0 unspecified atom stereocenters. The monoisotopic (exact) mass is 652 g/mol. The summed E-state index contributed by atoms with van der Waals surface area (Å²) < 4.78 is 33.7. The fraction of sp³-hybridized carbons (Fsp3) is 0.750. The number of hydrogen-bond donors (Lipinski definition) is 3. The van der Waals surface area contributed by atoms with Gasteiger partial charge >= 0.3 is 11.9 Å². The Kier molecular flexibility index (Phi) is 13.2. The second-order valence-corrected chi connectivity index (χ2v) is 16.8. The SMILES string of the molecule is CCC(C)(C)CCOC(=O)C(C)(C)NP(=O)(CO[C@H](C)Cn1cnc2c(N)ccnc21)NC(C)(C)C(=O)OCCC(C)(C)CC. The first kappa shape index (κ1) is 38.7. The van der Waals surface area contributed by atoms with Gasteiger partial charge in [0.05, 0.1) is 37.9 Å². The Morgan fingerprint density at radius 3 is 1.87 bits per heavy atom. The number of esters is 2. The van der Waals surface area contributed by atoms with Gasteiger partial charge in [-0.2, -0.15) is 0 Å². The molecule has 2 aromatic rings. The van der Waals surface area contributed by atoms with Crippen LogP contribution in [0.4, 0.5) is 5.69 Å². The van der Waals surface area contributed by atoms with Gasteiger partial charge in [-0.05, 0) is 64.4 Å². The van der Waals surface area contributed by atoms with Gasteiger partial charge in [-0.1, -0.05) is 54.4 Å². The summed E-state index contributed by atoms with van der Waals surface area (Å²) in [5.41, 5.74) is 5.06. The van der Waals surface area contributed by atoms with Crippen molar-refractivity contribution < 1.29 is 28.4 Å². The van der Waals surface area contributed by atoms with E-state index in [1.165, 1.54) is 0 Å². The van der Waals surface area contributed by atoms with E-state index in [-0.39, 0.29) is 30.4 Å². The largest absolute Gasteiger partial charge is 0.464 e. The number of nitrogens with two attached hydrogens (primary N) is 1. The van der Waals surface area contributed by atoms with Crippen LogP contribution in [0.2, 0.25) is 0 Å². The molecule has 0 spiro atoms. The first-order chi connectivity index (χ1) is 20.7. The first-order valence-corrected chi connectivity index (χ1v) is 17.7. The number of carbonyl (C=O) groups is 2. The zero-order chi connectivity index (χ0) is 34.3. The van der Waals surface area contributed by atoms with Crippen LogP contribution in [0, 0.1) is 10.8 Å². The second kappa shape index (κ2) is 15.4. The molecule has 0 radical (unpaired) electrons. The highest BCUT2D eigenvalue weighted by Gasteiger charge is 2.43. The van der Waals surface area contributed by atoms with Crippen molar-refractivity contribution in [2.45, 2.75) is 126 Å². The van der Waals surface area contributed by atoms with Crippen LogP contribution in [-0.4, -0.2) is 63.2 Å². The van der Waals surface area contributed by atoms with Crippen molar-refractivity contribution in [3.8, 4) is 0 Å². The molecule has 45 heavy (non-hydrogen) atoms. The number of imidazole rings is 1. The lowest BCUT2D eigenvalue weighted by atomic mass is 9.87. The number of carbonyl (C=O) groups excluding carboxylic acids is 2. The number of pyridine rings is 1. The Morgan fingerprint density at radius 2 is 1.40 bits per heavy atom. The molecule has 1 atom stereocenters. The van der Waals surface area contributed by atoms with Crippen molar-refractivity contribution in [3.63, 3.8) is 0 Å².